The first-order valence-electron chi connectivity index (χ1n) is 9.04. The molecule has 0 radical (unpaired) electrons. The van der Waals surface area contributed by atoms with E-state index >= 15 is 0 Å². The Kier molecular flexibility index (Phi) is 3.92. The van der Waals surface area contributed by atoms with E-state index in [0.717, 1.165) is 6.54 Å². The fourth-order valence-electron chi connectivity index (χ4n) is 4.82. The standard InChI is InChI=1S/C21H27N/c1-16-18-11-5-7-13-20(18)22(15-17-9-3-2-4-10-17)21-14-8-6-12-19(16)21/h2-4,9-11,20-21H,5-8,12-15H2,1H3/t20-,21-/m1/s1. The topological polar surface area (TPSA) is 3.24 Å². The number of rotatable bonds is 2. The van der Waals surface area contributed by atoms with Gasteiger partial charge in [0.15, 0.2) is 0 Å². The molecular formula is C21H27N. The second kappa shape index (κ2) is 6.04. The van der Waals surface area contributed by atoms with Gasteiger partial charge in [0, 0.05) is 18.6 Å². The van der Waals surface area contributed by atoms with Gasteiger partial charge in [0.25, 0.3) is 0 Å². The highest BCUT2D eigenvalue weighted by atomic mass is 15.2. The summed E-state index contributed by atoms with van der Waals surface area (Å²) in [6.45, 7) is 3.52. The second-order valence-corrected chi connectivity index (χ2v) is 7.18. The van der Waals surface area contributed by atoms with E-state index in [4.69, 9.17) is 0 Å². The molecule has 2 atom stereocenters. The summed E-state index contributed by atoms with van der Waals surface area (Å²) in [5.41, 5.74) is 6.54. The average Bonchev–Trinajstić information content (AvgIpc) is 2.59. The Bertz CT molecular complexity index is 596. The molecule has 1 nitrogen and oxygen atoms in total. The van der Waals surface area contributed by atoms with Gasteiger partial charge in [0.2, 0.25) is 0 Å². The van der Waals surface area contributed by atoms with Crippen molar-refractivity contribution in [3.8, 4) is 0 Å². The lowest BCUT2D eigenvalue weighted by Crippen LogP contribution is -2.50. The highest BCUT2D eigenvalue weighted by Gasteiger charge is 2.38. The second-order valence-electron chi connectivity index (χ2n) is 7.18. The lowest BCUT2D eigenvalue weighted by Gasteiger charge is -2.48. The van der Waals surface area contributed by atoms with Gasteiger partial charge < -0.3 is 0 Å². The van der Waals surface area contributed by atoms with E-state index in [2.05, 4.69) is 48.2 Å². The highest BCUT2D eigenvalue weighted by molar-refractivity contribution is 5.45. The van der Waals surface area contributed by atoms with Crippen molar-refractivity contribution in [1.29, 1.82) is 0 Å². The molecule has 4 rings (SSSR count). The van der Waals surface area contributed by atoms with Crippen LogP contribution in [0.2, 0.25) is 0 Å². The molecule has 1 heteroatoms. The quantitative estimate of drug-likeness (QED) is 0.720. The molecule has 0 bridgehead atoms. The molecule has 22 heavy (non-hydrogen) atoms. The van der Waals surface area contributed by atoms with Crippen LogP contribution in [-0.4, -0.2) is 17.0 Å². The van der Waals surface area contributed by atoms with E-state index in [1.165, 1.54) is 50.5 Å². The van der Waals surface area contributed by atoms with Crippen LogP contribution >= 0.6 is 0 Å². The molecule has 1 aromatic rings. The zero-order valence-electron chi connectivity index (χ0n) is 13.7. The molecule has 116 valence electrons. The van der Waals surface area contributed by atoms with Gasteiger partial charge in [-0.05, 0) is 67.7 Å². The zero-order chi connectivity index (χ0) is 14.9. The molecule has 0 N–H and O–H groups in total. The highest BCUT2D eigenvalue weighted by Crippen LogP contribution is 2.43. The maximum atomic E-state index is 2.84. The van der Waals surface area contributed by atoms with Crippen LogP contribution in [0.3, 0.4) is 0 Å². The predicted molar refractivity (Wildman–Crippen MR) is 92.7 cm³/mol. The molecule has 1 aliphatic heterocycles. The summed E-state index contributed by atoms with van der Waals surface area (Å²) in [7, 11) is 0. The van der Waals surface area contributed by atoms with E-state index in [0.29, 0.717) is 12.1 Å². The summed E-state index contributed by atoms with van der Waals surface area (Å²) < 4.78 is 0. The number of hydrogen-bond donors (Lipinski definition) is 0. The third-order valence-corrected chi connectivity index (χ3v) is 5.90. The Hall–Kier alpha value is -1.34. The van der Waals surface area contributed by atoms with E-state index in [1.54, 1.807) is 16.7 Å². The van der Waals surface area contributed by atoms with Crippen LogP contribution in [-0.2, 0) is 6.54 Å². The van der Waals surface area contributed by atoms with E-state index in [-0.39, 0.29) is 0 Å². The van der Waals surface area contributed by atoms with Gasteiger partial charge in [-0.15, -0.1) is 0 Å². The lowest BCUT2D eigenvalue weighted by atomic mass is 9.75. The van der Waals surface area contributed by atoms with Crippen LogP contribution < -0.4 is 0 Å². The molecule has 0 unspecified atom stereocenters. The SMILES string of the molecule is CC1=C2CCCC[C@H]2N(Cc2ccccc2)[C@@H]2CCCC=C12. The zero-order valence-corrected chi connectivity index (χ0v) is 13.7. The van der Waals surface area contributed by atoms with Gasteiger partial charge in [0.05, 0.1) is 0 Å². The minimum atomic E-state index is 0.667. The van der Waals surface area contributed by atoms with Crippen molar-refractivity contribution in [1.82, 2.24) is 4.90 Å². The molecule has 0 aromatic heterocycles. The predicted octanol–water partition coefficient (Wildman–Crippen LogP) is 5.24. The number of nitrogens with zero attached hydrogens (tertiary/aromatic N) is 1. The molecule has 1 heterocycles. The molecule has 0 saturated heterocycles. The van der Waals surface area contributed by atoms with Crippen molar-refractivity contribution < 1.29 is 0 Å². The Morgan fingerprint density at radius 3 is 2.68 bits per heavy atom. The number of allylic oxidation sites excluding steroid dienone is 1. The van der Waals surface area contributed by atoms with E-state index in [9.17, 15) is 0 Å². The molecule has 3 aliphatic rings. The number of hydrogen-bond acceptors (Lipinski definition) is 1. The minimum Gasteiger partial charge on any atom is -0.285 e. The maximum Gasteiger partial charge on any atom is 0.0357 e. The first-order valence-corrected chi connectivity index (χ1v) is 9.04. The smallest absolute Gasteiger partial charge is 0.0357 e. The summed E-state index contributed by atoms with van der Waals surface area (Å²) in [5.74, 6) is 0. The molecule has 2 aliphatic carbocycles. The van der Waals surface area contributed by atoms with Crippen molar-refractivity contribution >= 4 is 0 Å². The van der Waals surface area contributed by atoms with E-state index < -0.39 is 0 Å². The lowest BCUT2D eigenvalue weighted by molar-refractivity contribution is 0.124. The van der Waals surface area contributed by atoms with Crippen LogP contribution in [0.1, 0.15) is 57.4 Å². The minimum absolute atomic E-state index is 0.667. The number of benzene rings is 1. The summed E-state index contributed by atoms with van der Waals surface area (Å²) >= 11 is 0. The molecule has 0 spiro atoms. The fraction of sp³-hybridized carbons (Fsp3) is 0.524. The third-order valence-electron chi connectivity index (χ3n) is 5.90. The third kappa shape index (κ3) is 2.46. The Labute approximate surface area is 134 Å². The van der Waals surface area contributed by atoms with Gasteiger partial charge in [-0.1, -0.05) is 42.8 Å². The van der Waals surface area contributed by atoms with Gasteiger partial charge in [0.1, 0.15) is 0 Å². The van der Waals surface area contributed by atoms with Crippen molar-refractivity contribution in [3.63, 3.8) is 0 Å². The van der Waals surface area contributed by atoms with Crippen molar-refractivity contribution in [2.24, 2.45) is 0 Å². The van der Waals surface area contributed by atoms with Gasteiger partial charge in [-0.25, -0.2) is 0 Å². The molecule has 1 aromatic carbocycles. The summed E-state index contributed by atoms with van der Waals surface area (Å²) in [6, 6.07) is 12.4. The molecule has 1 fully saturated rings. The van der Waals surface area contributed by atoms with Crippen LogP contribution in [0.25, 0.3) is 0 Å². The largest absolute Gasteiger partial charge is 0.285 e. The van der Waals surface area contributed by atoms with Crippen LogP contribution in [0, 0.1) is 0 Å². The Morgan fingerprint density at radius 1 is 1.00 bits per heavy atom. The normalized spacial score (nSPS) is 28.9. The maximum absolute atomic E-state index is 2.84. The van der Waals surface area contributed by atoms with Gasteiger partial charge in [-0.3, -0.25) is 4.90 Å². The summed E-state index contributed by atoms with van der Waals surface area (Å²) in [4.78, 5) is 2.84. The Balaban J connectivity index is 1.72. The summed E-state index contributed by atoms with van der Waals surface area (Å²) in [5, 5.41) is 0. The van der Waals surface area contributed by atoms with Crippen molar-refractivity contribution in [3.05, 3.63) is 58.7 Å². The monoisotopic (exact) mass is 293 g/mol. The first-order chi connectivity index (χ1) is 10.8. The van der Waals surface area contributed by atoms with Crippen LogP contribution in [0.15, 0.2) is 53.1 Å². The molecule has 1 saturated carbocycles. The molecular weight excluding hydrogens is 266 g/mol. The van der Waals surface area contributed by atoms with Crippen LogP contribution in [0.4, 0.5) is 0 Å². The Morgan fingerprint density at radius 2 is 1.82 bits per heavy atom. The van der Waals surface area contributed by atoms with E-state index in [1.807, 2.05) is 0 Å². The summed E-state index contributed by atoms with van der Waals surface area (Å²) in [6.07, 6.45) is 12.0. The first kappa shape index (κ1) is 14.3. The van der Waals surface area contributed by atoms with Crippen molar-refractivity contribution in [2.45, 2.75) is 70.5 Å². The number of fused-ring (bicyclic) bond motifs is 2. The van der Waals surface area contributed by atoms with Crippen LogP contribution in [0.5, 0.6) is 0 Å². The fourth-order valence-corrected chi connectivity index (χ4v) is 4.82. The average molecular weight is 293 g/mol. The van der Waals surface area contributed by atoms with Crippen molar-refractivity contribution in [2.75, 3.05) is 0 Å². The molecule has 0 amide bonds. The van der Waals surface area contributed by atoms with Gasteiger partial charge in [-0.2, -0.15) is 0 Å². The van der Waals surface area contributed by atoms with Gasteiger partial charge >= 0.3 is 0 Å².